The van der Waals surface area contributed by atoms with Crippen molar-refractivity contribution >= 4 is 6.08 Å². The summed E-state index contributed by atoms with van der Waals surface area (Å²) in [7, 11) is 0. The zero-order chi connectivity index (χ0) is 11.9. The maximum absolute atomic E-state index is 5.26. The number of hydrogen-bond acceptors (Lipinski definition) is 1. The van der Waals surface area contributed by atoms with E-state index in [4.69, 9.17) is 4.42 Å². The molecule has 0 saturated heterocycles. The molecular formula is C16H16O. The second-order valence-electron chi connectivity index (χ2n) is 3.98. The third-order valence-corrected chi connectivity index (χ3v) is 2.47. The van der Waals surface area contributed by atoms with E-state index in [0.717, 1.165) is 12.2 Å². The molecule has 0 aliphatic heterocycles. The predicted molar refractivity (Wildman–Crippen MR) is 71.6 cm³/mol. The third kappa shape index (κ3) is 3.80. The molecule has 0 saturated carbocycles. The zero-order valence-corrected chi connectivity index (χ0v) is 9.97. The molecule has 1 heteroatoms. The molecule has 0 unspecified atom stereocenters. The Labute approximate surface area is 102 Å². The summed E-state index contributed by atoms with van der Waals surface area (Å²) in [6.07, 6.45) is 8.95. The van der Waals surface area contributed by atoms with Crippen LogP contribution < -0.4 is 0 Å². The van der Waals surface area contributed by atoms with Crippen LogP contribution in [0, 0.1) is 0 Å². The molecule has 0 bridgehead atoms. The molecule has 0 aliphatic carbocycles. The van der Waals surface area contributed by atoms with Crippen molar-refractivity contribution in [1.82, 2.24) is 0 Å². The van der Waals surface area contributed by atoms with E-state index < -0.39 is 0 Å². The van der Waals surface area contributed by atoms with Crippen LogP contribution in [0.1, 0.15) is 18.2 Å². The summed E-state index contributed by atoms with van der Waals surface area (Å²) in [4.78, 5) is 0. The van der Waals surface area contributed by atoms with Crippen LogP contribution in [0.3, 0.4) is 0 Å². The van der Waals surface area contributed by atoms with Gasteiger partial charge in [0, 0.05) is 6.42 Å². The molecule has 0 N–H and O–H groups in total. The summed E-state index contributed by atoms with van der Waals surface area (Å²) < 4.78 is 5.26. The second kappa shape index (κ2) is 5.90. The van der Waals surface area contributed by atoms with Crippen molar-refractivity contribution in [3.05, 3.63) is 77.8 Å². The maximum Gasteiger partial charge on any atom is 0.107 e. The highest BCUT2D eigenvalue weighted by molar-refractivity contribution is 5.54. The molecule has 2 rings (SSSR count). The molecule has 0 fully saturated rings. The molecule has 0 radical (unpaired) electrons. The Balaban J connectivity index is 1.95. The van der Waals surface area contributed by atoms with Gasteiger partial charge in [-0.2, -0.15) is 0 Å². The summed E-state index contributed by atoms with van der Waals surface area (Å²) in [6.45, 7) is 2.10. The summed E-state index contributed by atoms with van der Waals surface area (Å²) in [5.74, 6) is 0.994. The van der Waals surface area contributed by atoms with Gasteiger partial charge in [-0.3, -0.25) is 0 Å². The van der Waals surface area contributed by atoms with Gasteiger partial charge < -0.3 is 4.42 Å². The topological polar surface area (TPSA) is 13.1 Å². The van der Waals surface area contributed by atoms with Gasteiger partial charge >= 0.3 is 0 Å². The Kier molecular flexibility index (Phi) is 3.98. The molecule has 0 spiro atoms. The standard InChI is InChI=1S/C16H16O/c1-14(13-15-8-3-2-4-9-15)7-5-10-16-11-6-12-17-16/h2-9,11-13H,10H2,1H3/b7-5+,14-13+. The first-order valence-electron chi connectivity index (χ1n) is 5.77. The van der Waals surface area contributed by atoms with E-state index in [9.17, 15) is 0 Å². The Morgan fingerprint density at radius 2 is 1.94 bits per heavy atom. The van der Waals surface area contributed by atoms with Crippen molar-refractivity contribution < 1.29 is 4.42 Å². The van der Waals surface area contributed by atoms with Crippen molar-refractivity contribution in [2.45, 2.75) is 13.3 Å². The maximum atomic E-state index is 5.26. The highest BCUT2D eigenvalue weighted by atomic mass is 16.3. The smallest absolute Gasteiger partial charge is 0.107 e. The fourth-order valence-electron chi connectivity index (χ4n) is 1.65. The van der Waals surface area contributed by atoms with Gasteiger partial charge in [0.15, 0.2) is 0 Å². The van der Waals surface area contributed by atoms with Crippen LogP contribution in [-0.2, 0) is 6.42 Å². The number of allylic oxidation sites excluding steroid dienone is 3. The first kappa shape index (κ1) is 11.5. The van der Waals surface area contributed by atoms with Crippen LogP contribution in [-0.4, -0.2) is 0 Å². The molecule has 1 aromatic carbocycles. The van der Waals surface area contributed by atoms with E-state index >= 15 is 0 Å². The van der Waals surface area contributed by atoms with Crippen molar-refractivity contribution in [1.29, 1.82) is 0 Å². The largest absolute Gasteiger partial charge is 0.469 e. The number of furan rings is 1. The average molecular weight is 224 g/mol. The normalized spacial score (nSPS) is 12.2. The van der Waals surface area contributed by atoms with Crippen LogP contribution >= 0.6 is 0 Å². The predicted octanol–water partition coefficient (Wildman–Crippen LogP) is 4.48. The van der Waals surface area contributed by atoms with E-state index in [1.165, 1.54) is 11.1 Å². The van der Waals surface area contributed by atoms with Crippen LogP contribution in [0.25, 0.3) is 6.08 Å². The lowest BCUT2D eigenvalue weighted by atomic mass is 10.1. The zero-order valence-electron chi connectivity index (χ0n) is 9.97. The summed E-state index contributed by atoms with van der Waals surface area (Å²) in [5.41, 5.74) is 2.47. The minimum absolute atomic E-state index is 0.840. The second-order valence-corrected chi connectivity index (χ2v) is 3.98. The molecule has 0 aliphatic rings. The minimum atomic E-state index is 0.840. The van der Waals surface area contributed by atoms with Gasteiger partial charge in [0.2, 0.25) is 0 Å². The first-order chi connectivity index (χ1) is 8.34. The van der Waals surface area contributed by atoms with Crippen LogP contribution in [0.5, 0.6) is 0 Å². The lowest BCUT2D eigenvalue weighted by molar-refractivity contribution is 0.523. The van der Waals surface area contributed by atoms with E-state index in [2.05, 4.69) is 37.3 Å². The average Bonchev–Trinajstić information content (AvgIpc) is 2.83. The van der Waals surface area contributed by atoms with Gasteiger partial charge in [-0.25, -0.2) is 0 Å². The molecule has 2 aromatic rings. The fourth-order valence-corrected chi connectivity index (χ4v) is 1.65. The number of rotatable bonds is 4. The summed E-state index contributed by atoms with van der Waals surface area (Å²) in [6, 6.07) is 14.2. The van der Waals surface area contributed by atoms with E-state index in [1.807, 2.05) is 30.3 Å². The molecular weight excluding hydrogens is 208 g/mol. The van der Waals surface area contributed by atoms with Crippen molar-refractivity contribution in [3.63, 3.8) is 0 Å². The summed E-state index contributed by atoms with van der Waals surface area (Å²) >= 11 is 0. The SMILES string of the molecule is CC(/C=C/Cc1ccco1)=C\c1ccccc1. The lowest BCUT2D eigenvalue weighted by Gasteiger charge is -1.94. The van der Waals surface area contributed by atoms with Crippen molar-refractivity contribution in [3.8, 4) is 0 Å². The molecule has 0 amide bonds. The third-order valence-electron chi connectivity index (χ3n) is 2.47. The lowest BCUT2D eigenvalue weighted by Crippen LogP contribution is -1.76. The molecule has 86 valence electrons. The van der Waals surface area contributed by atoms with E-state index in [-0.39, 0.29) is 0 Å². The monoisotopic (exact) mass is 224 g/mol. The van der Waals surface area contributed by atoms with Gasteiger partial charge in [0.25, 0.3) is 0 Å². The van der Waals surface area contributed by atoms with Crippen LogP contribution in [0.2, 0.25) is 0 Å². The molecule has 0 atom stereocenters. The molecule has 1 aromatic heterocycles. The molecule has 17 heavy (non-hydrogen) atoms. The minimum Gasteiger partial charge on any atom is -0.469 e. The Morgan fingerprint density at radius 1 is 1.12 bits per heavy atom. The number of hydrogen-bond donors (Lipinski definition) is 0. The Morgan fingerprint density at radius 3 is 2.65 bits per heavy atom. The van der Waals surface area contributed by atoms with E-state index in [1.54, 1.807) is 6.26 Å². The van der Waals surface area contributed by atoms with Crippen molar-refractivity contribution in [2.24, 2.45) is 0 Å². The first-order valence-corrected chi connectivity index (χ1v) is 5.77. The Hall–Kier alpha value is -2.02. The fraction of sp³-hybridized carbons (Fsp3) is 0.125. The Bertz CT molecular complexity index is 490. The quantitative estimate of drug-likeness (QED) is 0.698. The van der Waals surface area contributed by atoms with Crippen LogP contribution in [0.15, 0.2) is 70.9 Å². The molecule has 1 heterocycles. The van der Waals surface area contributed by atoms with Gasteiger partial charge in [-0.05, 0) is 24.6 Å². The van der Waals surface area contributed by atoms with Gasteiger partial charge in [-0.1, -0.05) is 54.1 Å². The molecule has 1 nitrogen and oxygen atoms in total. The van der Waals surface area contributed by atoms with Crippen LogP contribution in [0.4, 0.5) is 0 Å². The van der Waals surface area contributed by atoms with Gasteiger partial charge in [0.05, 0.1) is 6.26 Å². The highest BCUT2D eigenvalue weighted by Crippen LogP contribution is 2.08. The van der Waals surface area contributed by atoms with Gasteiger partial charge in [0.1, 0.15) is 5.76 Å². The summed E-state index contributed by atoms with van der Waals surface area (Å²) in [5, 5.41) is 0. The number of benzene rings is 1. The highest BCUT2D eigenvalue weighted by Gasteiger charge is 1.90. The van der Waals surface area contributed by atoms with E-state index in [0.29, 0.717) is 0 Å². The van der Waals surface area contributed by atoms with Crippen molar-refractivity contribution in [2.75, 3.05) is 0 Å². The van der Waals surface area contributed by atoms with Gasteiger partial charge in [-0.15, -0.1) is 0 Å².